The van der Waals surface area contributed by atoms with E-state index in [-0.39, 0.29) is 0 Å². The number of rotatable bonds is 3. The fourth-order valence-corrected chi connectivity index (χ4v) is 2.32. The highest BCUT2D eigenvalue weighted by molar-refractivity contribution is 9.10. The van der Waals surface area contributed by atoms with Crippen molar-refractivity contribution in [2.24, 2.45) is 7.05 Å². The lowest BCUT2D eigenvalue weighted by atomic mass is 10.2. The first-order valence-corrected chi connectivity index (χ1v) is 6.84. The molecule has 0 unspecified atom stereocenters. The lowest BCUT2D eigenvalue weighted by molar-refractivity contribution is 0.731. The molecule has 18 heavy (non-hydrogen) atoms. The van der Waals surface area contributed by atoms with E-state index >= 15 is 0 Å². The zero-order chi connectivity index (χ0) is 13.3. The summed E-state index contributed by atoms with van der Waals surface area (Å²) in [6, 6.07) is 5.96. The zero-order valence-electron chi connectivity index (χ0n) is 10.6. The van der Waals surface area contributed by atoms with Gasteiger partial charge in [-0.05, 0) is 47.5 Å². The molecule has 96 valence electrons. The lowest BCUT2D eigenvalue weighted by Crippen LogP contribution is -2.01. The van der Waals surface area contributed by atoms with Gasteiger partial charge >= 0.3 is 0 Å². The Morgan fingerprint density at radius 1 is 1.39 bits per heavy atom. The van der Waals surface area contributed by atoms with E-state index in [9.17, 15) is 0 Å². The summed E-state index contributed by atoms with van der Waals surface area (Å²) in [5.74, 6) is 0. The van der Waals surface area contributed by atoms with E-state index in [1.54, 1.807) is 0 Å². The molecular weight excluding hydrogens is 314 g/mol. The predicted molar refractivity (Wildman–Crippen MR) is 79.2 cm³/mol. The Morgan fingerprint density at radius 2 is 2.11 bits per heavy atom. The van der Waals surface area contributed by atoms with Crippen LogP contribution in [0.15, 0.2) is 22.7 Å². The largest absolute Gasteiger partial charge is 0.378 e. The third kappa shape index (κ3) is 2.70. The van der Waals surface area contributed by atoms with Crippen LogP contribution < -0.4 is 5.32 Å². The maximum atomic E-state index is 6.07. The molecule has 0 aliphatic heterocycles. The molecule has 2 aromatic rings. The van der Waals surface area contributed by atoms with Gasteiger partial charge in [-0.15, -0.1) is 0 Å². The molecule has 3 nitrogen and oxygen atoms in total. The molecule has 5 heteroatoms. The van der Waals surface area contributed by atoms with Gasteiger partial charge in [0, 0.05) is 18.1 Å². The summed E-state index contributed by atoms with van der Waals surface area (Å²) in [5.41, 5.74) is 4.39. The summed E-state index contributed by atoms with van der Waals surface area (Å²) in [6.45, 7) is 4.79. The third-order valence-corrected chi connectivity index (χ3v) is 4.19. The van der Waals surface area contributed by atoms with E-state index in [2.05, 4.69) is 33.3 Å². The number of anilines is 1. The average molecular weight is 329 g/mol. The Morgan fingerprint density at radius 3 is 2.67 bits per heavy atom. The molecule has 0 amide bonds. The molecule has 0 atom stereocenters. The predicted octanol–water partition coefficient (Wildman–Crippen LogP) is 4.06. The molecule has 2 rings (SSSR count). The zero-order valence-corrected chi connectivity index (χ0v) is 12.9. The van der Waals surface area contributed by atoms with Crippen molar-refractivity contribution in [1.29, 1.82) is 0 Å². The Balaban J connectivity index is 2.14. The first-order chi connectivity index (χ1) is 8.49. The number of benzene rings is 1. The molecule has 1 aromatic heterocycles. The van der Waals surface area contributed by atoms with Crippen LogP contribution in [0, 0.1) is 13.8 Å². The molecule has 1 N–H and O–H groups in total. The van der Waals surface area contributed by atoms with Gasteiger partial charge in [-0.1, -0.05) is 17.7 Å². The summed E-state index contributed by atoms with van der Waals surface area (Å²) in [5, 5.41) is 8.51. The van der Waals surface area contributed by atoms with Crippen molar-refractivity contribution in [1.82, 2.24) is 9.78 Å². The summed E-state index contributed by atoms with van der Waals surface area (Å²) in [4.78, 5) is 0. The van der Waals surface area contributed by atoms with E-state index < -0.39 is 0 Å². The van der Waals surface area contributed by atoms with Crippen LogP contribution in [0.5, 0.6) is 0 Å². The lowest BCUT2D eigenvalue weighted by Gasteiger charge is -2.08. The van der Waals surface area contributed by atoms with Gasteiger partial charge in [0.05, 0.1) is 22.1 Å². The van der Waals surface area contributed by atoms with Gasteiger partial charge in [-0.25, -0.2) is 0 Å². The first-order valence-electron chi connectivity index (χ1n) is 5.67. The molecule has 0 saturated carbocycles. The molecular formula is C13H15BrClN3. The molecule has 1 heterocycles. The molecule has 0 aliphatic carbocycles. The van der Waals surface area contributed by atoms with Crippen molar-refractivity contribution in [3.05, 3.63) is 44.6 Å². The average Bonchev–Trinajstić information content (AvgIpc) is 2.56. The van der Waals surface area contributed by atoms with Crippen LogP contribution in [-0.2, 0) is 13.6 Å². The van der Waals surface area contributed by atoms with Gasteiger partial charge in [-0.3, -0.25) is 4.68 Å². The maximum absolute atomic E-state index is 6.07. The van der Waals surface area contributed by atoms with Gasteiger partial charge in [-0.2, -0.15) is 5.10 Å². The first kappa shape index (κ1) is 13.4. The smallest absolute Gasteiger partial charge is 0.0827 e. The van der Waals surface area contributed by atoms with Crippen LogP contribution >= 0.6 is 27.5 Å². The van der Waals surface area contributed by atoms with Crippen molar-refractivity contribution >= 4 is 33.2 Å². The minimum Gasteiger partial charge on any atom is -0.378 e. The Hall–Kier alpha value is -1.000. The second kappa shape index (κ2) is 5.33. The van der Waals surface area contributed by atoms with E-state index in [0.717, 1.165) is 38.7 Å². The Bertz CT molecular complexity index is 578. The fraction of sp³-hybridized carbons (Fsp3) is 0.308. The van der Waals surface area contributed by atoms with Gasteiger partial charge in [0.1, 0.15) is 0 Å². The molecule has 0 radical (unpaired) electrons. The third-order valence-electron chi connectivity index (χ3n) is 2.96. The summed E-state index contributed by atoms with van der Waals surface area (Å²) >= 11 is 9.46. The highest BCUT2D eigenvalue weighted by Gasteiger charge is 2.08. The number of aryl methyl sites for hydroxylation is 2. The molecule has 1 aromatic carbocycles. The number of halogens is 2. The summed E-state index contributed by atoms with van der Waals surface area (Å²) in [7, 11) is 1.95. The van der Waals surface area contributed by atoms with Gasteiger partial charge < -0.3 is 5.32 Å². The maximum Gasteiger partial charge on any atom is 0.0827 e. The van der Waals surface area contributed by atoms with Crippen LogP contribution in [-0.4, -0.2) is 9.78 Å². The SMILES string of the molecule is Cc1nn(C)c(C)c1NCc1ccc(Br)c(Cl)c1. The fourth-order valence-electron chi connectivity index (χ4n) is 1.87. The number of nitrogens with zero attached hydrogens (tertiary/aromatic N) is 2. The monoisotopic (exact) mass is 327 g/mol. The summed E-state index contributed by atoms with van der Waals surface area (Å²) < 4.78 is 2.80. The quantitative estimate of drug-likeness (QED) is 0.920. The number of hydrogen-bond acceptors (Lipinski definition) is 2. The van der Waals surface area contributed by atoms with Crippen molar-refractivity contribution in [2.45, 2.75) is 20.4 Å². The molecule has 0 spiro atoms. The second-order valence-corrected chi connectivity index (χ2v) is 5.53. The van der Waals surface area contributed by atoms with Gasteiger partial charge in [0.2, 0.25) is 0 Å². The molecule has 0 fully saturated rings. The van der Waals surface area contributed by atoms with Crippen LogP contribution in [0.25, 0.3) is 0 Å². The minimum absolute atomic E-state index is 0.730. The van der Waals surface area contributed by atoms with Crippen molar-refractivity contribution in [3.63, 3.8) is 0 Å². The van der Waals surface area contributed by atoms with Gasteiger partial charge in [0.15, 0.2) is 0 Å². The van der Waals surface area contributed by atoms with E-state index in [0.29, 0.717) is 0 Å². The van der Waals surface area contributed by atoms with Gasteiger partial charge in [0.25, 0.3) is 0 Å². The topological polar surface area (TPSA) is 29.9 Å². The van der Waals surface area contributed by atoms with Crippen LogP contribution in [0.3, 0.4) is 0 Å². The van der Waals surface area contributed by atoms with Crippen molar-refractivity contribution in [2.75, 3.05) is 5.32 Å². The van der Waals surface area contributed by atoms with E-state index in [4.69, 9.17) is 11.6 Å². The highest BCUT2D eigenvalue weighted by Crippen LogP contribution is 2.24. The van der Waals surface area contributed by atoms with Crippen molar-refractivity contribution < 1.29 is 0 Å². The van der Waals surface area contributed by atoms with Crippen LogP contribution in [0.1, 0.15) is 17.0 Å². The minimum atomic E-state index is 0.730. The Kier molecular flexibility index (Phi) is 3.97. The molecule has 0 bridgehead atoms. The van der Waals surface area contributed by atoms with Crippen LogP contribution in [0.2, 0.25) is 5.02 Å². The number of hydrogen-bond donors (Lipinski definition) is 1. The van der Waals surface area contributed by atoms with Crippen LogP contribution in [0.4, 0.5) is 5.69 Å². The summed E-state index contributed by atoms with van der Waals surface area (Å²) in [6.07, 6.45) is 0. The Labute approximate surface area is 120 Å². The van der Waals surface area contributed by atoms with Crippen molar-refractivity contribution in [3.8, 4) is 0 Å². The molecule has 0 saturated heterocycles. The van der Waals surface area contributed by atoms with E-state index in [1.165, 1.54) is 0 Å². The highest BCUT2D eigenvalue weighted by atomic mass is 79.9. The second-order valence-electron chi connectivity index (χ2n) is 4.27. The number of aromatic nitrogens is 2. The normalized spacial score (nSPS) is 10.7. The standard InChI is InChI=1S/C13H15BrClN3/c1-8-13(9(2)18(3)17-8)16-7-10-4-5-11(14)12(15)6-10/h4-6,16H,7H2,1-3H3. The molecule has 0 aliphatic rings. The number of nitrogens with one attached hydrogen (secondary N) is 1. The van der Waals surface area contributed by atoms with E-state index in [1.807, 2.05) is 36.9 Å².